The molecule has 0 aromatic heterocycles. The van der Waals surface area contributed by atoms with Crippen molar-refractivity contribution >= 4 is 33.1 Å². The maximum atomic E-state index is 10.1. The molecule has 0 saturated carbocycles. The fourth-order valence-electron chi connectivity index (χ4n) is 4.80. The minimum atomic E-state index is -1.67. The molecule has 0 unspecified atom stereocenters. The van der Waals surface area contributed by atoms with E-state index in [1.807, 2.05) is 6.07 Å². The van der Waals surface area contributed by atoms with Crippen LogP contribution in [0, 0.1) is 0 Å². The molecule has 0 atom stereocenters. The molecule has 0 aliphatic carbocycles. The topological polar surface area (TPSA) is 121 Å². The van der Waals surface area contributed by atoms with Crippen LogP contribution in [-0.4, -0.2) is 43.3 Å². The van der Waals surface area contributed by atoms with Crippen molar-refractivity contribution in [2.75, 3.05) is 0 Å². The summed E-state index contributed by atoms with van der Waals surface area (Å²) in [5.41, 5.74) is 0.544. The van der Waals surface area contributed by atoms with E-state index in [9.17, 15) is 30.0 Å². The molecule has 0 aliphatic heterocycles. The number of carboxylic acid groups (broad SMARTS) is 2. The van der Waals surface area contributed by atoms with Gasteiger partial charge in [0.05, 0.1) is 0 Å². The third kappa shape index (κ3) is 44.9. The predicted octanol–water partition coefficient (Wildman–Crippen LogP) is 9.68. The number of benzene rings is 1. The Morgan fingerprint density at radius 2 is 0.833 bits per heavy atom. The molecule has 2 N–H and O–H groups in total. The Kier molecular flexibility index (Phi) is 44.9. The van der Waals surface area contributed by atoms with E-state index in [0.717, 1.165) is 25.7 Å². The monoisotopic (exact) mass is 784 g/mol. The van der Waals surface area contributed by atoms with Gasteiger partial charge in [0.15, 0.2) is 5.79 Å². The zero-order valence-electron chi connectivity index (χ0n) is 32.0. The Hall–Kier alpha value is -1.12. The van der Waals surface area contributed by atoms with Crippen molar-refractivity contribution in [2.45, 2.75) is 210 Å². The quantitative estimate of drug-likeness (QED) is 0.0496. The summed E-state index contributed by atoms with van der Waals surface area (Å²) in [7, 11) is 0. The molecule has 0 aliphatic rings. The van der Waals surface area contributed by atoms with Crippen molar-refractivity contribution < 1.29 is 30.0 Å². The molecular weight excluding hydrogens is 707 g/mol. The van der Waals surface area contributed by atoms with Crippen LogP contribution in [0.1, 0.15) is 201 Å². The Morgan fingerprint density at radius 3 is 1.12 bits per heavy atom. The van der Waals surface area contributed by atoms with Crippen LogP contribution < -0.4 is 10.2 Å². The van der Waals surface area contributed by atoms with Crippen molar-refractivity contribution in [3.63, 3.8) is 0 Å². The fourth-order valence-corrected chi connectivity index (χ4v) is 8.96. The second-order valence-corrected chi connectivity index (χ2v) is 17.2. The fraction of sp³-hybridized carbons (Fsp3) is 0.805. The standard InChI is InChI=1S/2C12H24O2.C9H12O2.2C4H9.Sn/c2*1-2-3-4-5-6-7-8-9-10-11-12(13)14;1-2-9(10,11)8-6-4-3-5-7-8;2*1-3-4-2;/h2*2-11H2,1H3,(H,13,14);3-7,10-11H,2H2,1H3;2*1,3-4H2,2H3;/q;;;;;+2/p-2. The summed E-state index contributed by atoms with van der Waals surface area (Å²) in [5, 5.41) is 38.9. The van der Waals surface area contributed by atoms with Gasteiger partial charge in [-0.15, -0.1) is 0 Å². The van der Waals surface area contributed by atoms with Crippen LogP contribution in [-0.2, 0) is 15.4 Å². The van der Waals surface area contributed by atoms with Crippen LogP contribution >= 0.6 is 0 Å². The molecule has 1 rings (SSSR count). The van der Waals surface area contributed by atoms with E-state index in [-0.39, 0.29) is 34.0 Å². The Balaban J connectivity index is -0.000000570. The Bertz CT molecular complexity index is 733. The first kappa shape index (κ1) is 51.2. The van der Waals surface area contributed by atoms with Gasteiger partial charge in [-0.1, -0.05) is 154 Å². The summed E-state index contributed by atoms with van der Waals surface area (Å²) >= 11 is 0.149. The van der Waals surface area contributed by atoms with Gasteiger partial charge in [0.1, 0.15) is 0 Å². The molecule has 0 amide bonds. The van der Waals surface area contributed by atoms with Crippen molar-refractivity contribution in [1.82, 2.24) is 0 Å². The van der Waals surface area contributed by atoms with E-state index in [2.05, 4.69) is 27.7 Å². The van der Waals surface area contributed by atoms with Crippen LogP contribution in [0.2, 0.25) is 8.87 Å². The SMILES string of the molecule is CCC(O)(O)c1ccccc1.CCCCCCCCCCCC(=O)[O-].CCCCCCCCCCCC(=O)[O-].CCC[CH2][Sn+2][CH2]CCC. The number of hydrogen-bond acceptors (Lipinski definition) is 6. The number of carboxylic acids is 2. The van der Waals surface area contributed by atoms with Gasteiger partial charge < -0.3 is 30.0 Å². The molecule has 280 valence electrons. The van der Waals surface area contributed by atoms with Gasteiger partial charge in [-0.3, -0.25) is 0 Å². The Morgan fingerprint density at radius 1 is 0.521 bits per heavy atom. The molecule has 0 fully saturated rings. The first-order valence-electron chi connectivity index (χ1n) is 19.7. The van der Waals surface area contributed by atoms with E-state index >= 15 is 0 Å². The molecule has 6 nitrogen and oxygen atoms in total. The summed E-state index contributed by atoms with van der Waals surface area (Å²) < 4.78 is 3.25. The molecule has 7 heteroatoms. The molecule has 0 heterocycles. The zero-order chi connectivity index (χ0) is 36.6. The Labute approximate surface area is 307 Å². The van der Waals surface area contributed by atoms with Crippen molar-refractivity contribution in [3.05, 3.63) is 35.9 Å². The van der Waals surface area contributed by atoms with Gasteiger partial charge in [0, 0.05) is 23.9 Å². The van der Waals surface area contributed by atoms with Crippen LogP contribution in [0.3, 0.4) is 0 Å². The van der Waals surface area contributed by atoms with Crippen LogP contribution in [0.4, 0.5) is 0 Å². The average molecular weight is 784 g/mol. The van der Waals surface area contributed by atoms with Crippen molar-refractivity contribution in [2.24, 2.45) is 0 Å². The summed E-state index contributed by atoms with van der Waals surface area (Å²) in [4.78, 5) is 20.2. The van der Waals surface area contributed by atoms with Crippen LogP contribution in [0.25, 0.3) is 0 Å². The molecule has 1 aromatic rings. The number of aliphatic carboxylic acids is 2. The third-order valence-corrected chi connectivity index (χ3v) is 12.1. The third-order valence-electron chi connectivity index (χ3n) is 8.11. The van der Waals surface area contributed by atoms with Crippen LogP contribution in [0.5, 0.6) is 0 Å². The van der Waals surface area contributed by atoms with E-state index in [0.29, 0.717) is 12.0 Å². The van der Waals surface area contributed by atoms with Gasteiger partial charge >= 0.3 is 69.5 Å². The summed E-state index contributed by atoms with van der Waals surface area (Å²) in [6.45, 7) is 10.8. The van der Waals surface area contributed by atoms with E-state index in [1.165, 1.54) is 116 Å². The zero-order valence-corrected chi connectivity index (χ0v) is 34.9. The number of carbonyl (C=O) groups excluding carboxylic acids is 2. The van der Waals surface area contributed by atoms with E-state index < -0.39 is 17.7 Å². The molecule has 48 heavy (non-hydrogen) atoms. The van der Waals surface area contributed by atoms with E-state index in [4.69, 9.17) is 0 Å². The number of unbranched alkanes of at least 4 members (excludes halogenated alkanes) is 18. The van der Waals surface area contributed by atoms with Gasteiger partial charge in [-0.25, -0.2) is 0 Å². The van der Waals surface area contributed by atoms with Gasteiger partial charge in [0.2, 0.25) is 0 Å². The van der Waals surface area contributed by atoms with Crippen molar-refractivity contribution in [1.29, 1.82) is 0 Å². The minimum absolute atomic E-state index is 0.149. The summed E-state index contributed by atoms with van der Waals surface area (Å²) in [5.74, 6) is -3.48. The first-order valence-corrected chi connectivity index (χ1v) is 23.8. The van der Waals surface area contributed by atoms with Gasteiger partial charge in [-0.2, -0.15) is 0 Å². The second kappa shape index (κ2) is 42.0. The molecule has 1 aromatic carbocycles. The molecular formula is C41H76O6Sn. The number of aliphatic hydroxyl groups is 2. The number of rotatable bonds is 28. The number of carbonyl (C=O) groups is 2. The van der Waals surface area contributed by atoms with Gasteiger partial charge in [-0.05, 0) is 25.7 Å². The summed E-state index contributed by atoms with van der Waals surface area (Å²) in [6, 6.07) is 8.81. The van der Waals surface area contributed by atoms with Gasteiger partial charge in [0.25, 0.3) is 0 Å². The predicted molar refractivity (Wildman–Crippen MR) is 202 cm³/mol. The molecule has 0 spiro atoms. The first-order chi connectivity index (χ1) is 23.1. The van der Waals surface area contributed by atoms with Crippen LogP contribution in [0.15, 0.2) is 30.3 Å². The average Bonchev–Trinajstić information content (AvgIpc) is 3.08. The molecule has 0 saturated heterocycles. The van der Waals surface area contributed by atoms with E-state index in [1.54, 1.807) is 40.1 Å². The molecule has 0 bridgehead atoms. The molecule has 0 radical (unpaired) electrons. The maximum absolute atomic E-state index is 10.1. The summed E-state index contributed by atoms with van der Waals surface area (Å²) in [6.07, 6.45) is 28.5. The number of hydrogen-bond donors (Lipinski definition) is 2. The van der Waals surface area contributed by atoms with Crippen molar-refractivity contribution in [3.8, 4) is 0 Å². The second-order valence-electron chi connectivity index (χ2n) is 12.9. The normalized spacial score (nSPS) is 10.4.